The molecule has 0 saturated carbocycles. The molecule has 1 atom stereocenters. The summed E-state index contributed by atoms with van der Waals surface area (Å²) in [5.74, 6) is -2.45. The van der Waals surface area contributed by atoms with Crippen molar-refractivity contribution in [1.82, 2.24) is 0 Å². The summed E-state index contributed by atoms with van der Waals surface area (Å²) in [4.78, 5) is 1.69. The third-order valence-electron chi connectivity index (χ3n) is 3.29. The van der Waals surface area contributed by atoms with Crippen LogP contribution in [-0.2, 0) is 0 Å². The topological polar surface area (TPSA) is 23.5 Å². The van der Waals surface area contributed by atoms with E-state index in [9.17, 15) is 18.3 Å². The van der Waals surface area contributed by atoms with Crippen molar-refractivity contribution in [1.29, 1.82) is 0 Å². The minimum atomic E-state index is -1.20. The van der Waals surface area contributed by atoms with Gasteiger partial charge in [-0.2, -0.15) is 0 Å². The fourth-order valence-electron chi connectivity index (χ4n) is 2.17. The first kappa shape index (κ1) is 15.4. The number of benzene rings is 2. The molecule has 2 rings (SSSR count). The van der Waals surface area contributed by atoms with Gasteiger partial charge in [-0.15, -0.1) is 0 Å². The summed E-state index contributed by atoms with van der Waals surface area (Å²) in [6.45, 7) is 2.37. The summed E-state index contributed by atoms with van der Waals surface area (Å²) >= 11 is 0. The molecule has 1 N–H and O–H groups in total. The molecule has 0 aliphatic carbocycles. The third kappa shape index (κ3) is 3.55. The van der Waals surface area contributed by atoms with E-state index < -0.39 is 23.6 Å². The average Bonchev–Trinajstić information content (AvgIpc) is 2.47. The molecule has 2 aromatic carbocycles. The minimum absolute atomic E-state index is 0.0420. The smallest absolute Gasteiger partial charge is 0.164 e. The van der Waals surface area contributed by atoms with Crippen molar-refractivity contribution in [2.45, 2.75) is 13.0 Å². The molecule has 0 spiro atoms. The number of aliphatic hydroxyl groups excluding tert-OH is 1. The number of halogens is 3. The molecule has 0 aliphatic rings. The van der Waals surface area contributed by atoms with E-state index in [1.165, 1.54) is 24.3 Å². The third-order valence-corrected chi connectivity index (χ3v) is 3.29. The lowest BCUT2D eigenvalue weighted by Gasteiger charge is -2.26. The molecule has 0 heterocycles. The van der Waals surface area contributed by atoms with Crippen molar-refractivity contribution in [3.63, 3.8) is 0 Å². The molecule has 1 unspecified atom stereocenters. The van der Waals surface area contributed by atoms with E-state index in [1.54, 1.807) is 17.0 Å². The SMILES string of the molecule is CCN(CC(O)c1cccc(F)c1F)c1cccc(F)c1. The maximum atomic E-state index is 13.7. The Balaban J connectivity index is 2.20. The molecule has 0 saturated heterocycles. The monoisotopic (exact) mass is 295 g/mol. The largest absolute Gasteiger partial charge is 0.386 e. The zero-order valence-electron chi connectivity index (χ0n) is 11.6. The van der Waals surface area contributed by atoms with Gasteiger partial charge in [0, 0.05) is 24.3 Å². The minimum Gasteiger partial charge on any atom is -0.386 e. The van der Waals surface area contributed by atoms with Crippen LogP contribution >= 0.6 is 0 Å². The number of aliphatic hydroxyl groups is 1. The zero-order valence-corrected chi connectivity index (χ0v) is 11.6. The van der Waals surface area contributed by atoms with Crippen LogP contribution in [0.5, 0.6) is 0 Å². The Bertz CT molecular complexity index is 618. The van der Waals surface area contributed by atoms with Crippen LogP contribution in [0.15, 0.2) is 42.5 Å². The number of likely N-dealkylation sites (N-methyl/N-ethyl adjacent to an activating group) is 1. The second-order valence-electron chi connectivity index (χ2n) is 4.68. The number of anilines is 1. The lowest BCUT2D eigenvalue weighted by atomic mass is 10.1. The summed E-state index contributed by atoms with van der Waals surface area (Å²) in [6.07, 6.45) is -1.20. The molecular weight excluding hydrogens is 279 g/mol. The molecule has 0 bridgehead atoms. The fraction of sp³-hybridized carbons (Fsp3) is 0.250. The first-order valence-corrected chi connectivity index (χ1v) is 6.65. The Morgan fingerprint density at radius 3 is 2.48 bits per heavy atom. The molecular formula is C16H16F3NO. The van der Waals surface area contributed by atoms with Crippen LogP contribution in [0.3, 0.4) is 0 Å². The van der Waals surface area contributed by atoms with Crippen molar-refractivity contribution >= 4 is 5.69 Å². The molecule has 2 nitrogen and oxygen atoms in total. The summed E-state index contributed by atoms with van der Waals surface area (Å²) in [5, 5.41) is 10.1. The molecule has 0 radical (unpaired) electrons. The number of rotatable bonds is 5. The number of nitrogens with zero attached hydrogens (tertiary/aromatic N) is 1. The summed E-state index contributed by atoms with van der Waals surface area (Å²) in [5.41, 5.74) is 0.471. The van der Waals surface area contributed by atoms with Crippen molar-refractivity contribution in [2.75, 3.05) is 18.0 Å². The Labute approximate surface area is 121 Å². The van der Waals surface area contributed by atoms with E-state index in [-0.39, 0.29) is 12.1 Å². The van der Waals surface area contributed by atoms with Crippen LogP contribution in [0.2, 0.25) is 0 Å². The lowest BCUT2D eigenvalue weighted by Crippen LogP contribution is -2.28. The van der Waals surface area contributed by atoms with Crippen LogP contribution < -0.4 is 4.90 Å². The van der Waals surface area contributed by atoms with Crippen molar-refractivity contribution < 1.29 is 18.3 Å². The first-order valence-electron chi connectivity index (χ1n) is 6.65. The molecule has 0 amide bonds. The second kappa shape index (κ2) is 6.63. The van der Waals surface area contributed by atoms with E-state index in [1.807, 2.05) is 6.92 Å². The van der Waals surface area contributed by atoms with Crippen LogP contribution in [0.25, 0.3) is 0 Å². The lowest BCUT2D eigenvalue weighted by molar-refractivity contribution is 0.177. The van der Waals surface area contributed by atoms with Gasteiger partial charge in [-0.1, -0.05) is 18.2 Å². The van der Waals surface area contributed by atoms with Gasteiger partial charge in [-0.3, -0.25) is 0 Å². The highest BCUT2D eigenvalue weighted by molar-refractivity contribution is 5.46. The Kier molecular flexibility index (Phi) is 4.85. The number of hydrogen-bond donors (Lipinski definition) is 1. The molecule has 0 aliphatic heterocycles. The predicted octanol–water partition coefficient (Wildman–Crippen LogP) is 3.66. The maximum Gasteiger partial charge on any atom is 0.164 e. The summed E-state index contributed by atoms with van der Waals surface area (Å²) in [6, 6.07) is 9.58. The molecule has 21 heavy (non-hydrogen) atoms. The van der Waals surface area contributed by atoms with Crippen LogP contribution in [0.4, 0.5) is 18.9 Å². The van der Waals surface area contributed by atoms with E-state index in [4.69, 9.17) is 0 Å². The second-order valence-corrected chi connectivity index (χ2v) is 4.68. The van der Waals surface area contributed by atoms with Gasteiger partial charge in [-0.25, -0.2) is 13.2 Å². The van der Waals surface area contributed by atoms with Crippen LogP contribution in [-0.4, -0.2) is 18.2 Å². The van der Waals surface area contributed by atoms with Crippen molar-refractivity contribution in [3.05, 3.63) is 65.5 Å². The quantitative estimate of drug-likeness (QED) is 0.910. The molecule has 0 aromatic heterocycles. The maximum absolute atomic E-state index is 13.7. The Hall–Kier alpha value is -2.01. The average molecular weight is 295 g/mol. The Morgan fingerprint density at radius 1 is 1.10 bits per heavy atom. The van der Waals surface area contributed by atoms with Crippen LogP contribution in [0, 0.1) is 17.5 Å². The molecule has 0 fully saturated rings. The number of hydrogen-bond acceptors (Lipinski definition) is 2. The summed E-state index contributed by atoms with van der Waals surface area (Å²) in [7, 11) is 0. The first-order chi connectivity index (χ1) is 10.0. The van der Waals surface area contributed by atoms with Gasteiger partial charge in [0.15, 0.2) is 11.6 Å². The Morgan fingerprint density at radius 2 is 1.81 bits per heavy atom. The summed E-state index contributed by atoms with van der Waals surface area (Å²) < 4.78 is 40.1. The van der Waals surface area contributed by atoms with Gasteiger partial charge in [0.1, 0.15) is 5.82 Å². The van der Waals surface area contributed by atoms with E-state index in [0.29, 0.717) is 12.2 Å². The standard InChI is InChI=1S/C16H16F3NO/c1-2-20(12-6-3-5-11(17)9-12)10-15(21)13-7-4-8-14(18)16(13)19/h3-9,15,21H,2,10H2,1H3. The van der Waals surface area contributed by atoms with E-state index in [2.05, 4.69) is 0 Å². The fourth-order valence-corrected chi connectivity index (χ4v) is 2.17. The van der Waals surface area contributed by atoms with Crippen molar-refractivity contribution in [2.24, 2.45) is 0 Å². The van der Waals surface area contributed by atoms with Crippen LogP contribution in [0.1, 0.15) is 18.6 Å². The van der Waals surface area contributed by atoms with Gasteiger partial charge >= 0.3 is 0 Å². The highest BCUT2D eigenvalue weighted by Crippen LogP contribution is 2.23. The van der Waals surface area contributed by atoms with Gasteiger partial charge in [-0.05, 0) is 31.2 Å². The highest BCUT2D eigenvalue weighted by atomic mass is 19.2. The zero-order chi connectivity index (χ0) is 15.4. The van der Waals surface area contributed by atoms with Crippen molar-refractivity contribution in [3.8, 4) is 0 Å². The predicted molar refractivity (Wildman–Crippen MR) is 75.6 cm³/mol. The molecule has 2 aromatic rings. The molecule has 5 heteroatoms. The van der Waals surface area contributed by atoms with Gasteiger partial charge in [0.25, 0.3) is 0 Å². The van der Waals surface area contributed by atoms with E-state index in [0.717, 1.165) is 6.07 Å². The van der Waals surface area contributed by atoms with E-state index >= 15 is 0 Å². The highest BCUT2D eigenvalue weighted by Gasteiger charge is 2.18. The normalized spacial score (nSPS) is 12.2. The van der Waals surface area contributed by atoms with Gasteiger partial charge in [0.05, 0.1) is 6.10 Å². The molecule has 112 valence electrons. The van der Waals surface area contributed by atoms with Gasteiger partial charge in [0.2, 0.25) is 0 Å². The van der Waals surface area contributed by atoms with Gasteiger partial charge < -0.3 is 10.0 Å².